The highest BCUT2D eigenvalue weighted by Gasteiger charge is 2.23. The summed E-state index contributed by atoms with van der Waals surface area (Å²) in [5, 5.41) is 0. The molecule has 2 heterocycles. The number of hydrogen-bond acceptors (Lipinski definition) is 2. The molecule has 14 heavy (non-hydrogen) atoms. The van der Waals surface area contributed by atoms with Crippen molar-refractivity contribution in [2.45, 2.75) is 19.8 Å². The number of hydrogen-bond donors (Lipinski definition) is 0. The van der Waals surface area contributed by atoms with Gasteiger partial charge in [-0.15, -0.1) is 0 Å². The molecule has 1 aromatic heterocycles. The third kappa shape index (κ3) is 1.66. The summed E-state index contributed by atoms with van der Waals surface area (Å²) < 4.78 is 0.811. The van der Waals surface area contributed by atoms with Crippen LogP contribution in [0.1, 0.15) is 18.5 Å². The Morgan fingerprint density at radius 3 is 2.86 bits per heavy atom. The number of pyridine rings is 1. The number of anilines is 1. The highest BCUT2D eigenvalue weighted by atomic mass is 79.9. The van der Waals surface area contributed by atoms with Crippen LogP contribution in [0.2, 0.25) is 0 Å². The third-order valence-electron chi connectivity index (χ3n) is 2.39. The van der Waals surface area contributed by atoms with Crippen molar-refractivity contribution in [1.82, 2.24) is 4.98 Å². The van der Waals surface area contributed by atoms with Crippen molar-refractivity contribution in [3.63, 3.8) is 0 Å². The summed E-state index contributed by atoms with van der Waals surface area (Å²) in [6.45, 7) is 2.74. The van der Waals surface area contributed by atoms with Crippen LogP contribution >= 0.6 is 15.9 Å². The average molecular weight is 255 g/mol. The molecule has 0 N–H and O–H groups in total. The van der Waals surface area contributed by atoms with E-state index in [2.05, 4.69) is 20.9 Å². The predicted molar refractivity (Wildman–Crippen MR) is 58.3 cm³/mol. The van der Waals surface area contributed by atoms with Gasteiger partial charge in [-0.1, -0.05) is 0 Å². The lowest BCUT2D eigenvalue weighted by atomic mass is 10.3. The van der Waals surface area contributed by atoms with Gasteiger partial charge >= 0.3 is 0 Å². The van der Waals surface area contributed by atoms with Crippen molar-refractivity contribution in [3.8, 4) is 0 Å². The summed E-state index contributed by atoms with van der Waals surface area (Å²) in [6.07, 6.45) is 1.61. The molecule has 1 amide bonds. The SMILES string of the molecule is Cc1nc(Br)ccc1N1CCCC1=O. The Balaban J connectivity index is 2.36. The molecule has 0 bridgehead atoms. The molecule has 0 radical (unpaired) electrons. The lowest BCUT2D eigenvalue weighted by Crippen LogP contribution is -2.24. The van der Waals surface area contributed by atoms with Gasteiger partial charge in [-0.2, -0.15) is 0 Å². The van der Waals surface area contributed by atoms with Gasteiger partial charge in [0, 0.05) is 13.0 Å². The molecule has 0 aromatic carbocycles. The van der Waals surface area contributed by atoms with Crippen LogP contribution < -0.4 is 4.90 Å². The van der Waals surface area contributed by atoms with Crippen LogP contribution in [0.5, 0.6) is 0 Å². The molecule has 0 atom stereocenters. The Labute approximate surface area is 91.3 Å². The van der Waals surface area contributed by atoms with E-state index in [0.717, 1.165) is 29.0 Å². The zero-order chi connectivity index (χ0) is 10.1. The van der Waals surface area contributed by atoms with Gasteiger partial charge < -0.3 is 4.90 Å². The molecule has 1 saturated heterocycles. The molecule has 3 nitrogen and oxygen atoms in total. The second-order valence-electron chi connectivity index (χ2n) is 3.39. The summed E-state index contributed by atoms with van der Waals surface area (Å²) in [6, 6.07) is 3.81. The maximum Gasteiger partial charge on any atom is 0.227 e. The smallest absolute Gasteiger partial charge is 0.227 e. The van der Waals surface area contributed by atoms with E-state index in [-0.39, 0.29) is 5.91 Å². The Hall–Kier alpha value is -0.900. The van der Waals surface area contributed by atoms with E-state index >= 15 is 0 Å². The minimum absolute atomic E-state index is 0.206. The minimum Gasteiger partial charge on any atom is -0.311 e. The van der Waals surface area contributed by atoms with Gasteiger partial charge in [0.25, 0.3) is 0 Å². The van der Waals surface area contributed by atoms with E-state index in [1.54, 1.807) is 0 Å². The quantitative estimate of drug-likeness (QED) is 0.721. The van der Waals surface area contributed by atoms with Crippen LogP contribution in [-0.2, 0) is 4.79 Å². The molecule has 0 unspecified atom stereocenters. The molecular formula is C10H11BrN2O. The van der Waals surface area contributed by atoms with E-state index in [1.807, 2.05) is 24.0 Å². The first-order valence-electron chi connectivity index (χ1n) is 4.62. The minimum atomic E-state index is 0.206. The number of carbonyl (C=O) groups is 1. The van der Waals surface area contributed by atoms with Crippen LogP contribution in [0.15, 0.2) is 16.7 Å². The standard InChI is InChI=1S/C10H11BrN2O/c1-7-8(4-5-9(11)12-7)13-6-2-3-10(13)14/h4-5H,2-3,6H2,1H3. The lowest BCUT2D eigenvalue weighted by Gasteiger charge is -2.17. The second-order valence-corrected chi connectivity index (χ2v) is 4.20. The third-order valence-corrected chi connectivity index (χ3v) is 2.83. The van der Waals surface area contributed by atoms with E-state index in [1.165, 1.54) is 0 Å². The van der Waals surface area contributed by atoms with Crippen LogP contribution in [0.4, 0.5) is 5.69 Å². The summed E-state index contributed by atoms with van der Waals surface area (Å²) in [7, 11) is 0. The van der Waals surface area contributed by atoms with Crippen molar-refractivity contribution in [2.75, 3.05) is 11.4 Å². The summed E-state index contributed by atoms with van der Waals surface area (Å²) in [5.74, 6) is 0.206. The first-order chi connectivity index (χ1) is 6.68. The van der Waals surface area contributed by atoms with Gasteiger partial charge in [0.2, 0.25) is 5.91 Å². The summed E-state index contributed by atoms with van der Waals surface area (Å²) >= 11 is 3.31. The Morgan fingerprint density at radius 2 is 2.29 bits per heavy atom. The molecule has 1 aliphatic heterocycles. The van der Waals surface area contributed by atoms with Crippen molar-refractivity contribution < 1.29 is 4.79 Å². The largest absolute Gasteiger partial charge is 0.311 e. The molecule has 74 valence electrons. The zero-order valence-electron chi connectivity index (χ0n) is 7.96. The normalized spacial score (nSPS) is 16.4. The maximum absolute atomic E-state index is 11.5. The zero-order valence-corrected chi connectivity index (χ0v) is 9.54. The van der Waals surface area contributed by atoms with Crippen molar-refractivity contribution >= 4 is 27.5 Å². The van der Waals surface area contributed by atoms with E-state index < -0.39 is 0 Å². The molecule has 0 aliphatic carbocycles. The number of nitrogens with zero attached hydrogens (tertiary/aromatic N) is 2. The van der Waals surface area contributed by atoms with Gasteiger partial charge in [-0.05, 0) is 41.4 Å². The van der Waals surface area contributed by atoms with Crippen molar-refractivity contribution in [1.29, 1.82) is 0 Å². The van der Waals surface area contributed by atoms with Crippen molar-refractivity contribution in [2.24, 2.45) is 0 Å². The Bertz CT molecular complexity index is 378. The lowest BCUT2D eigenvalue weighted by molar-refractivity contribution is -0.117. The monoisotopic (exact) mass is 254 g/mol. The van der Waals surface area contributed by atoms with E-state index in [4.69, 9.17) is 0 Å². The molecular weight excluding hydrogens is 244 g/mol. The molecule has 1 aromatic rings. The van der Waals surface area contributed by atoms with Crippen molar-refractivity contribution in [3.05, 3.63) is 22.4 Å². The van der Waals surface area contributed by atoms with Gasteiger partial charge in [0.1, 0.15) is 4.60 Å². The van der Waals surface area contributed by atoms with Gasteiger partial charge in [0.15, 0.2) is 0 Å². The summed E-state index contributed by atoms with van der Waals surface area (Å²) in [4.78, 5) is 17.6. The fraction of sp³-hybridized carbons (Fsp3) is 0.400. The summed E-state index contributed by atoms with van der Waals surface area (Å²) in [5.41, 5.74) is 1.84. The van der Waals surface area contributed by atoms with Crippen LogP contribution in [0, 0.1) is 6.92 Å². The predicted octanol–water partition coefficient (Wildman–Crippen LogP) is 2.28. The van der Waals surface area contributed by atoms with E-state index in [9.17, 15) is 4.79 Å². The van der Waals surface area contributed by atoms with Gasteiger partial charge in [-0.3, -0.25) is 4.79 Å². The van der Waals surface area contributed by atoms with Crippen LogP contribution in [0.3, 0.4) is 0 Å². The molecule has 1 aliphatic rings. The molecule has 0 saturated carbocycles. The Morgan fingerprint density at radius 1 is 1.50 bits per heavy atom. The molecule has 0 spiro atoms. The van der Waals surface area contributed by atoms with Crippen LogP contribution in [-0.4, -0.2) is 17.4 Å². The Kier molecular flexibility index (Phi) is 2.54. The molecule has 4 heteroatoms. The first-order valence-corrected chi connectivity index (χ1v) is 5.41. The van der Waals surface area contributed by atoms with Gasteiger partial charge in [0.05, 0.1) is 11.4 Å². The molecule has 1 fully saturated rings. The number of amides is 1. The van der Waals surface area contributed by atoms with E-state index in [0.29, 0.717) is 6.42 Å². The highest BCUT2D eigenvalue weighted by molar-refractivity contribution is 9.10. The number of carbonyl (C=O) groups excluding carboxylic acids is 1. The number of halogens is 1. The number of aryl methyl sites for hydroxylation is 1. The highest BCUT2D eigenvalue weighted by Crippen LogP contribution is 2.25. The second kappa shape index (κ2) is 3.69. The fourth-order valence-electron chi connectivity index (χ4n) is 1.71. The molecule has 2 rings (SSSR count). The number of rotatable bonds is 1. The maximum atomic E-state index is 11.5. The first kappa shape index (κ1) is 9.65. The topological polar surface area (TPSA) is 33.2 Å². The fourth-order valence-corrected chi connectivity index (χ4v) is 2.11. The van der Waals surface area contributed by atoms with Crippen LogP contribution in [0.25, 0.3) is 0 Å². The van der Waals surface area contributed by atoms with Gasteiger partial charge in [-0.25, -0.2) is 4.98 Å². The number of aromatic nitrogens is 1. The average Bonchev–Trinajstić information content (AvgIpc) is 2.52.